The minimum absolute atomic E-state index is 0.00751. The van der Waals surface area contributed by atoms with Crippen molar-refractivity contribution in [2.75, 3.05) is 19.6 Å². The fourth-order valence-corrected chi connectivity index (χ4v) is 13.7. The summed E-state index contributed by atoms with van der Waals surface area (Å²) in [6, 6.07) is 22.3. The zero-order chi connectivity index (χ0) is 43.5. The monoisotopic (exact) mass is 797 g/mol. The number of methoxy groups -OCH3 is 1. The first-order valence-corrected chi connectivity index (χ1v) is 24.2. The molecule has 0 saturated heterocycles. The third kappa shape index (κ3) is 7.93. The molecule has 2 unspecified atom stereocenters. The average Bonchev–Trinajstić information content (AvgIpc) is 3.60. The normalized spacial score (nSPS) is 17.9. The number of fused-ring (bicyclic) bond motifs is 2. The minimum Gasteiger partial charge on any atom is -0.496 e. The molecule has 4 aromatic rings. The lowest BCUT2D eigenvalue weighted by atomic mass is 9.77. The van der Waals surface area contributed by atoms with Gasteiger partial charge in [-0.25, -0.2) is 10.0 Å². The number of hydrogen-bond acceptors (Lipinski definition) is 1. The highest BCUT2D eigenvalue weighted by Gasteiger charge is 2.44. The molecule has 6 rings (SSSR count). The van der Waals surface area contributed by atoms with Crippen LogP contribution in [0.3, 0.4) is 0 Å². The number of benzene rings is 4. The SMILES string of the molecule is COc1c(C(C)(C)C)cc2c(c1-c1cc(C(C)(C)C)cc(C(C)(C)C)c1)C=C(C)C2S(C)(C)C1C(C)=Cc2c(-c3cc(C(C)(C)C)cc(C(C)(C)C)c3)cc(C)cc21. The molecule has 0 saturated carbocycles. The van der Waals surface area contributed by atoms with Crippen molar-refractivity contribution in [3.63, 3.8) is 0 Å². The second-order valence-corrected chi connectivity index (χ2v) is 27.4. The maximum atomic E-state index is 6.55. The predicted molar refractivity (Wildman–Crippen MR) is 261 cm³/mol. The van der Waals surface area contributed by atoms with E-state index in [0.717, 1.165) is 5.75 Å². The van der Waals surface area contributed by atoms with Crippen LogP contribution in [0, 0.1) is 6.92 Å². The van der Waals surface area contributed by atoms with Gasteiger partial charge in [0.2, 0.25) is 0 Å². The fraction of sp³-hybridized carbons (Fsp3) is 0.500. The molecule has 312 valence electrons. The second kappa shape index (κ2) is 14.3. The van der Waals surface area contributed by atoms with E-state index in [9.17, 15) is 0 Å². The van der Waals surface area contributed by atoms with Crippen molar-refractivity contribution in [1.29, 1.82) is 0 Å². The van der Waals surface area contributed by atoms with Crippen LogP contribution in [-0.2, 0) is 27.1 Å². The highest BCUT2D eigenvalue weighted by atomic mass is 32.3. The molecule has 1 nitrogen and oxygen atoms in total. The Bertz CT molecular complexity index is 2280. The van der Waals surface area contributed by atoms with Gasteiger partial charge >= 0.3 is 0 Å². The molecule has 0 bridgehead atoms. The van der Waals surface area contributed by atoms with E-state index in [1.165, 1.54) is 89.0 Å². The van der Waals surface area contributed by atoms with Crippen molar-refractivity contribution >= 4 is 22.2 Å². The van der Waals surface area contributed by atoms with E-state index in [2.05, 4.69) is 204 Å². The average molecular weight is 797 g/mol. The summed E-state index contributed by atoms with van der Waals surface area (Å²) < 4.78 is 6.55. The van der Waals surface area contributed by atoms with Crippen LogP contribution in [0.5, 0.6) is 5.75 Å². The molecule has 2 heteroatoms. The first kappa shape index (κ1) is 44.1. The van der Waals surface area contributed by atoms with Gasteiger partial charge in [0.25, 0.3) is 0 Å². The Balaban J connectivity index is 1.60. The first-order valence-electron chi connectivity index (χ1n) is 21.7. The Labute approximate surface area is 356 Å². The van der Waals surface area contributed by atoms with Gasteiger partial charge in [0, 0.05) is 21.6 Å². The topological polar surface area (TPSA) is 9.23 Å². The third-order valence-corrected chi connectivity index (χ3v) is 16.7. The van der Waals surface area contributed by atoms with E-state index < -0.39 is 10.0 Å². The van der Waals surface area contributed by atoms with Gasteiger partial charge in [-0.15, -0.1) is 0 Å². The van der Waals surface area contributed by atoms with Crippen molar-refractivity contribution in [3.8, 4) is 28.0 Å². The van der Waals surface area contributed by atoms with Crippen LogP contribution in [0.25, 0.3) is 34.4 Å². The molecule has 0 radical (unpaired) electrons. The van der Waals surface area contributed by atoms with Crippen molar-refractivity contribution in [3.05, 3.63) is 121 Å². The molecule has 58 heavy (non-hydrogen) atoms. The van der Waals surface area contributed by atoms with Gasteiger partial charge in [-0.3, -0.25) is 0 Å². The number of rotatable bonds is 5. The molecule has 0 amide bonds. The molecule has 0 fully saturated rings. The standard InChI is InChI=1S/C56H76OS/c1-33-22-42(36-26-38(52(4,5)6)30-39(27-36)53(7,8)9)43-24-34(2)50(45(43)23-33)58(20,21)51-35(3)25-44-46(51)32-47(56(16,17)18)49(57-19)48(44)37-28-40(54(10,11)12)31-41(29-37)55(13,14)15/h22-32,50-51H,1-21H3. The van der Waals surface area contributed by atoms with Gasteiger partial charge in [0.15, 0.2) is 0 Å². The van der Waals surface area contributed by atoms with E-state index >= 15 is 0 Å². The molecule has 2 aliphatic carbocycles. The van der Waals surface area contributed by atoms with E-state index in [0.29, 0.717) is 10.5 Å². The van der Waals surface area contributed by atoms with Crippen molar-refractivity contribution in [1.82, 2.24) is 0 Å². The molecular weight excluding hydrogens is 721 g/mol. The zero-order valence-corrected chi connectivity index (χ0v) is 41.1. The fourth-order valence-electron chi connectivity index (χ4n) is 9.70. The Hall–Kier alpha value is -3.49. The third-order valence-electron chi connectivity index (χ3n) is 13.0. The van der Waals surface area contributed by atoms with Crippen LogP contribution in [0.4, 0.5) is 0 Å². The van der Waals surface area contributed by atoms with E-state index in [1.54, 1.807) is 0 Å². The van der Waals surface area contributed by atoms with Crippen LogP contribution in [-0.4, -0.2) is 19.6 Å². The summed E-state index contributed by atoms with van der Waals surface area (Å²) in [6.45, 7) is 42.3. The Morgan fingerprint density at radius 2 is 0.862 bits per heavy atom. The predicted octanol–water partition coefficient (Wildman–Crippen LogP) is 16.5. The molecule has 2 aliphatic rings. The largest absolute Gasteiger partial charge is 0.496 e. The summed E-state index contributed by atoms with van der Waals surface area (Å²) in [5, 5.41) is 0.648. The smallest absolute Gasteiger partial charge is 0.131 e. The number of ether oxygens (including phenoxy) is 1. The molecule has 2 atom stereocenters. The van der Waals surface area contributed by atoms with Gasteiger partial charge in [-0.05, 0) is 128 Å². The molecule has 4 aromatic carbocycles. The van der Waals surface area contributed by atoms with Crippen LogP contribution in [0.15, 0.2) is 65.7 Å². The van der Waals surface area contributed by atoms with Crippen LogP contribution >= 0.6 is 10.0 Å². The molecule has 0 aliphatic heterocycles. The zero-order valence-electron chi connectivity index (χ0n) is 40.3. The van der Waals surface area contributed by atoms with Crippen LogP contribution in [0.1, 0.15) is 184 Å². The summed E-state index contributed by atoms with van der Waals surface area (Å²) in [6.07, 6.45) is 10.3. The minimum atomic E-state index is -1.36. The Morgan fingerprint density at radius 3 is 1.26 bits per heavy atom. The molecule has 0 heterocycles. The molecule has 0 N–H and O–H groups in total. The summed E-state index contributed by atoms with van der Waals surface area (Å²) in [7, 11) is 0.514. The van der Waals surface area contributed by atoms with Gasteiger partial charge in [0.1, 0.15) is 5.75 Å². The Kier molecular flexibility index (Phi) is 10.9. The summed E-state index contributed by atoms with van der Waals surface area (Å²) in [5.41, 5.74) is 22.1. The maximum absolute atomic E-state index is 6.55. The lowest BCUT2D eigenvalue weighted by Gasteiger charge is -2.46. The number of aryl methyl sites for hydroxylation is 1. The summed E-state index contributed by atoms with van der Waals surface area (Å²) in [5.74, 6) is 1.02. The highest BCUT2D eigenvalue weighted by molar-refractivity contribution is 8.33. The molecule has 0 aromatic heterocycles. The molecule has 0 spiro atoms. The van der Waals surface area contributed by atoms with E-state index in [-0.39, 0.29) is 27.1 Å². The van der Waals surface area contributed by atoms with Crippen LogP contribution in [0.2, 0.25) is 0 Å². The van der Waals surface area contributed by atoms with Crippen LogP contribution < -0.4 is 4.74 Å². The summed E-state index contributed by atoms with van der Waals surface area (Å²) in [4.78, 5) is 0. The van der Waals surface area contributed by atoms with Crippen molar-refractivity contribution < 1.29 is 4.74 Å². The van der Waals surface area contributed by atoms with E-state index in [4.69, 9.17) is 4.74 Å². The second-order valence-electron chi connectivity index (χ2n) is 23.5. The summed E-state index contributed by atoms with van der Waals surface area (Å²) >= 11 is 0. The van der Waals surface area contributed by atoms with E-state index in [1.807, 2.05) is 7.11 Å². The van der Waals surface area contributed by atoms with Crippen molar-refractivity contribution in [2.24, 2.45) is 0 Å². The van der Waals surface area contributed by atoms with Gasteiger partial charge < -0.3 is 4.74 Å². The Morgan fingerprint density at radius 1 is 0.466 bits per heavy atom. The lowest BCUT2D eigenvalue weighted by Crippen LogP contribution is -2.19. The van der Waals surface area contributed by atoms with Crippen molar-refractivity contribution in [2.45, 2.75) is 162 Å². The quantitative estimate of drug-likeness (QED) is 0.195. The highest BCUT2D eigenvalue weighted by Crippen LogP contribution is 2.73. The lowest BCUT2D eigenvalue weighted by molar-refractivity contribution is 0.399. The maximum Gasteiger partial charge on any atom is 0.131 e. The van der Waals surface area contributed by atoms with Gasteiger partial charge in [-0.1, -0.05) is 181 Å². The molecular formula is C56H76OS. The van der Waals surface area contributed by atoms with Gasteiger partial charge in [0.05, 0.1) is 7.11 Å². The number of hydrogen-bond donors (Lipinski definition) is 0. The first-order chi connectivity index (χ1) is 26.3. The van der Waals surface area contributed by atoms with Gasteiger partial charge in [-0.2, -0.15) is 0 Å².